The Morgan fingerprint density at radius 1 is 1.16 bits per heavy atom. The van der Waals surface area contributed by atoms with Crippen LogP contribution in [-0.4, -0.2) is 42.5 Å². The van der Waals surface area contributed by atoms with E-state index in [2.05, 4.69) is 21.2 Å². The molecule has 8 nitrogen and oxygen atoms in total. The lowest BCUT2D eigenvalue weighted by Crippen LogP contribution is -2.61. The Morgan fingerprint density at radius 2 is 1.97 bits per heavy atom. The predicted octanol–water partition coefficient (Wildman–Crippen LogP) is 2.61. The number of anilines is 2. The second-order valence-corrected chi connectivity index (χ2v) is 8.50. The van der Waals surface area contributed by atoms with Crippen molar-refractivity contribution in [1.82, 2.24) is 5.32 Å². The first-order valence-electron chi connectivity index (χ1n) is 10.6. The molecule has 1 N–H and O–H groups in total. The molecular formula is C23H23N5O3. The van der Waals surface area contributed by atoms with E-state index in [1.165, 1.54) is 6.07 Å². The molecular weight excluding hydrogens is 394 g/mol. The van der Waals surface area contributed by atoms with E-state index in [4.69, 9.17) is 0 Å². The van der Waals surface area contributed by atoms with Gasteiger partial charge in [0.25, 0.3) is 5.69 Å². The number of piperazine rings is 1. The van der Waals surface area contributed by atoms with Gasteiger partial charge < -0.3 is 15.1 Å². The molecule has 8 heteroatoms. The molecule has 158 valence electrons. The molecule has 0 radical (unpaired) electrons. The molecule has 2 aliphatic heterocycles. The number of nitrogens with one attached hydrogen (secondary N) is 1. The molecule has 1 aliphatic carbocycles. The Hall–Kier alpha value is -3.60. The zero-order valence-corrected chi connectivity index (χ0v) is 17.0. The molecule has 1 saturated carbocycles. The second-order valence-electron chi connectivity index (χ2n) is 8.50. The van der Waals surface area contributed by atoms with Crippen LogP contribution in [0.3, 0.4) is 0 Å². The molecule has 2 aromatic rings. The summed E-state index contributed by atoms with van der Waals surface area (Å²) < 4.78 is 0. The molecule has 31 heavy (non-hydrogen) atoms. The summed E-state index contributed by atoms with van der Waals surface area (Å²) in [4.78, 5) is 28.5. The number of non-ortho nitro benzene ring substituents is 1. The van der Waals surface area contributed by atoms with Gasteiger partial charge in [0.2, 0.25) is 5.91 Å². The Bertz CT molecular complexity index is 1090. The summed E-state index contributed by atoms with van der Waals surface area (Å²) in [6.07, 6.45) is 2.50. The van der Waals surface area contributed by atoms with Crippen LogP contribution in [0.25, 0.3) is 0 Å². The lowest BCUT2D eigenvalue weighted by molar-refractivity contribution is -0.384. The second kappa shape index (κ2) is 7.58. The smallest absolute Gasteiger partial charge is 0.269 e. The summed E-state index contributed by atoms with van der Waals surface area (Å²) in [5.41, 5.74) is 3.40. The lowest BCUT2D eigenvalue weighted by Gasteiger charge is -2.49. The van der Waals surface area contributed by atoms with E-state index in [0.717, 1.165) is 29.8 Å². The van der Waals surface area contributed by atoms with Gasteiger partial charge in [-0.05, 0) is 43.0 Å². The molecule has 2 fully saturated rings. The van der Waals surface area contributed by atoms with Crippen molar-refractivity contribution >= 4 is 23.0 Å². The molecule has 3 aliphatic rings. The zero-order valence-electron chi connectivity index (χ0n) is 17.0. The SMILES string of the molecule is N#Cc1ccccc1N1CCN2c3ccc([N+](=O)[O-])cc3CC(C(=O)NC3CC3)C2C1. The fourth-order valence-corrected chi connectivity index (χ4v) is 4.82. The van der Waals surface area contributed by atoms with E-state index < -0.39 is 0 Å². The van der Waals surface area contributed by atoms with Crippen LogP contribution in [-0.2, 0) is 11.2 Å². The van der Waals surface area contributed by atoms with E-state index in [0.29, 0.717) is 31.6 Å². The van der Waals surface area contributed by atoms with E-state index >= 15 is 0 Å². The van der Waals surface area contributed by atoms with Gasteiger partial charge in [-0.3, -0.25) is 14.9 Å². The third kappa shape index (κ3) is 3.56. The average molecular weight is 417 g/mol. The first-order chi connectivity index (χ1) is 15.0. The normalized spacial score (nSPS) is 22.2. The zero-order chi connectivity index (χ0) is 21.5. The molecule has 2 unspecified atom stereocenters. The Kier molecular flexibility index (Phi) is 4.74. The number of para-hydroxylation sites is 1. The van der Waals surface area contributed by atoms with Gasteiger partial charge in [-0.25, -0.2) is 0 Å². The summed E-state index contributed by atoms with van der Waals surface area (Å²) in [5, 5.41) is 23.9. The Balaban J connectivity index is 1.49. The molecule has 2 heterocycles. The summed E-state index contributed by atoms with van der Waals surface area (Å²) in [7, 11) is 0. The Labute approximate surface area is 180 Å². The maximum Gasteiger partial charge on any atom is 0.269 e. The van der Waals surface area contributed by atoms with E-state index in [-0.39, 0.29) is 34.5 Å². The summed E-state index contributed by atoms with van der Waals surface area (Å²) >= 11 is 0. The molecule has 1 saturated heterocycles. The summed E-state index contributed by atoms with van der Waals surface area (Å²) in [6, 6.07) is 15.0. The highest BCUT2D eigenvalue weighted by Crippen LogP contribution is 2.39. The number of carbonyl (C=O) groups is 1. The van der Waals surface area contributed by atoms with Crippen LogP contribution < -0.4 is 15.1 Å². The number of benzene rings is 2. The maximum atomic E-state index is 13.2. The van der Waals surface area contributed by atoms with Crippen molar-refractivity contribution in [3.8, 4) is 6.07 Å². The van der Waals surface area contributed by atoms with Crippen molar-refractivity contribution in [2.24, 2.45) is 5.92 Å². The van der Waals surface area contributed by atoms with Gasteiger partial charge >= 0.3 is 0 Å². The van der Waals surface area contributed by atoms with E-state index in [1.54, 1.807) is 6.07 Å². The van der Waals surface area contributed by atoms with Gasteiger partial charge in [0.15, 0.2) is 0 Å². The number of nitro groups is 1. The van der Waals surface area contributed by atoms with Crippen molar-refractivity contribution in [3.05, 3.63) is 63.7 Å². The standard InChI is InChI=1S/C23H23N5O3/c24-13-15-3-1-2-4-20(15)26-9-10-27-21-8-7-18(28(30)31)11-16(21)12-19(22(27)14-26)23(29)25-17-5-6-17/h1-4,7-8,11,17,19,22H,5-6,9-10,12,14H2,(H,25,29). The molecule has 5 rings (SSSR count). The summed E-state index contributed by atoms with van der Waals surface area (Å²) in [6.45, 7) is 2.02. The molecule has 0 bridgehead atoms. The lowest BCUT2D eigenvalue weighted by atomic mass is 9.83. The van der Waals surface area contributed by atoms with Crippen molar-refractivity contribution in [2.45, 2.75) is 31.3 Å². The molecule has 2 aromatic carbocycles. The van der Waals surface area contributed by atoms with Gasteiger partial charge in [0.05, 0.1) is 28.1 Å². The highest BCUT2D eigenvalue weighted by molar-refractivity contribution is 5.83. The minimum absolute atomic E-state index is 0.0186. The molecule has 0 spiro atoms. The number of fused-ring (bicyclic) bond motifs is 3. The van der Waals surface area contributed by atoms with Gasteiger partial charge in [-0.15, -0.1) is 0 Å². The quantitative estimate of drug-likeness (QED) is 0.606. The van der Waals surface area contributed by atoms with E-state index in [9.17, 15) is 20.2 Å². The predicted molar refractivity (Wildman–Crippen MR) is 116 cm³/mol. The third-order valence-corrected chi connectivity index (χ3v) is 6.53. The number of hydrogen-bond acceptors (Lipinski definition) is 6. The monoisotopic (exact) mass is 417 g/mol. The average Bonchev–Trinajstić information content (AvgIpc) is 3.61. The van der Waals surface area contributed by atoms with E-state index in [1.807, 2.05) is 30.3 Å². The van der Waals surface area contributed by atoms with Crippen LogP contribution in [0.2, 0.25) is 0 Å². The van der Waals surface area contributed by atoms with Crippen molar-refractivity contribution in [3.63, 3.8) is 0 Å². The number of carbonyl (C=O) groups excluding carboxylic acids is 1. The van der Waals surface area contributed by atoms with Crippen LogP contribution in [0.1, 0.15) is 24.0 Å². The number of nitriles is 1. The topological polar surface area (TPSA) is 103 Å². The molecule has 0 aromatic heterocycles. The van der Waals surface area contributed by atoms with Gasteiger partial charge in [0.1, 0.15) is 6.07 Å². The number of nitrogens with zero attached hydrogens (tertiary/aromatic N) is 4. The van der Waals surface area contributed by atoms with Crippen LogP contribution in [0.4, 0.5) is 17.1 Å². The van der Waals surface area contributed by atoms with Crippen LogP contribution in [0.5, 0.6) is 0 Å². The number of hydrogen-bond donors (Lipinski definition) is 1. The number of amides is 1. The van der Waals surface area contributed by atoms with Crippen molar-refractivity contribution in [2.75, 3.05) is 29.4 Å². The van der Waals surface area contributed by atoms with Crippen LogP contribution >= 0.6 is 0 Å². The number of rotatable bonds is 4. The van der Waals surface area contributed by atoms with Gasteiger partial charge in [-0.2, -0.15) is 5.26 Å². The fraction of sp³-hybridized carbons (Fsp3) is 0.391. The first-order valence-corrected chi connectivity index (χ1v) is 10.6. The first kappa shape index (κ1) is 19.4. The molecule has 2 atom stereocenters. The van der Waals surface area contributed by atoms with Gasteiger partial charge in [0, 0.05) is 43.5 Å². The van der Waals surface area contributed by atoms with Crippen molar-refractivity contribution in [1.29, 1.82) is 5.26 Å². The fourth-order valence-electron chi connectivity index (χ4n) is 4.82. The Morgan fingerprint density at radius 3 is 2.71 bits per heavy atom. The van der Waals surface area contributed by atoms with Gasteiger partial charge in [-0.1, -0.05) is 12.1 Å². The number of nitro benzene ring substituents is 1. The minimum atomic E-state index is -0.387. The highest BCUT2D eigenvalue weighted by atomic mass is 16.6. The minimum Gasteiger partial charge on any atom is -0.367 e. The molecule has 1 amide bonds. The van der Waals surface area contributed by atoms with Crippen molar-refractivity contribution < 1.29 is 9.72 Å². The largest absolute Gasteiger partial charge is 0.367 e. The van der Waals surface area contributed by atoms with Crippen LogP contribution in [0.15, 0.2) is 42.5 Å². The highest BCUT2D eigenvalue weighted by Gasteiger charge is 2.43. The summed E-state index contributed by atoms with van der Waals surface area (Å²) in [5.74, 6) is -0.280. The maximum absolute atomic E-state index is 13.2. The van der Waals surface area contributed by atoms with Crippen LogP contribution in [0, 0.1) is 27.4 Å². The third-order valence-electron chi connectivity index (χ3n) is 6.53.